The number of likely N-dealkylation sites (tertiary alicyclic amines) is 1. The molecule has 1 heterocycles. The van der Waals surface area contributed by atoms with Gasteiger partial charge in [-0.15, -0.1) is 0 Å². The van der Waals surface area contributed by atoms with Gasteiger partial charge in [-0.3, -0.25) is 4.79 Å². The fourth-order valence-corrected chi connectivity index (χ4v) is 2.91. The molecule has 1 aliphatic heterocycles. The van der Waals surface area contributed by atoms with Crippen LogP contribution in [0, 0.1) is 5.92 Å². The number of hydrogen-bond acceptors (Lipinski definition) is 3. The van der Waals surface area contributed by atoms with Crippen LogP contribution in [-0.4, -0.2) is 43.5 Å². The minimum absolute atomic E-state index is 0.213. The Morgan fingerprint density at radius 1 is 1.40 bits per heavy atom. The molecule has 110 valence electrons. The normalized spacial score (nSPS) is 23.8. The lowest BCUT2D eigenvalue weighted by Gasteiger charge is -2.36. The van der Waals surface area contributed by atoms with Gasteiger partial charge in [0, 0.05) is 36.7 Å². The van der Waals surface area contributed by atoms with Gasteiger partial charge in [0.25, 0.3) is 0 Å². The predicted octanol–water partition coefficient (Wildman–Crippen LogP) is 3.38. The third kappa shape index (κ3) is 4.14. The van der Waals surface area contributed by atoms with E-state index in [1.54, 1.807) is 7.11 Å². The largest absolute Gasteiger partial charge is 0.380 e. The Morgan fingerprint density at radius 2 is 2.10 bits per heavy atom. The monoisotopic (exact) mass is 339 g/mol. The number of carbonyl (C=O) groups is 1. The number of carbonyl (C=O) groups excluding carboxylic acids is 1. The van der Waals surface area contributed by atoms with Crippen molar-refractivity contribution in [1.82, 2.24) is 4.90 Å². The molecule has 4 heteroatoms. The van der Waals surface area contributed by atoms with Crippen molar-refractivity contribution in [3.63, 3.8) is 0 Å². The molecule has 0 amide bonds. The Hall–Kier alpha value is -0.710. The molecule has 0 N–H and O–H groups in total. The zero-order valence-electron chi connectivity index (χ0n) is 12.1. The van der Waals surface area contributed by atoms with E-state index < -0.39 is 0 Å². The molecule has 1 aromatic rings. The maximum atomic E-state index is 12.1. The molecule has 2 unspecified atom stereocenters. The van der Waals surface area contributed by atoms with E-state index in [1.807, 2.05) is 24.3 Å². The standard InChI is InChI=1S/C16H22BrNO2/c1-12-7-9-18(11-16(12)20-2)10-8-15(19)13-3-5-14(17)6-4-13/h3-6,12,16H,7-11H2,1-2H3. The summed E-state index contributed by atoms with van der Waals surface area (Å²) in [5, 5.41) is 0. The van der Waals surface area contributed by atoms with E-state index in [1.165, 1.54) is 0 Å². The van der Waals surface area contributed by atoms with Crippen molar-refractivity contribution in [3.05, 3.63) is 34.3 Å². The van der Waals surface area contributed by atoms with Crippen LogP contribution in [0.15, 0.2) is 28.7 Å². The molecule has 3 nitrogen and oxygen atoms in total. The average Bonchev–Trinajstić information content (AvgIpc) is 2.46. The summed E-state index contributed by atoms with van der Waals surface area (Å²) in [6.45, 7) is 5.06. The van der Waals surface area contributed by atoms with E-state index in [0.29, 0.717) is 18.4 Å². The third-order valence-electron chi connectivity index (χ3n) is 4.10. The van der Waals surface area contributed by atoms with Crippen LogP contribution >= 0.6 is 15.9 Å². The van der Waals surface area contributed by atoms with E-state index in [4.69, 9.17) is 4.74 Å². The molecule has 1 aliphatic rings. The number of piperidine rings is 1. The fraction of sp³-hybridized carbons (Fsp3) is 0.562. The number of ketones is 1. The molecule has 20 heavy (non-hydrogen) atoms. The number of Topliss-reactive ketones (excluding diaryl/α,β-unsaturated/α-hetero) is 1. The van der Waals surface area contributed by atoms with Crippen LogP contribution < -0.4 is 0 Å². The molecule has 2 rings (SSSR count). The molecule has 0 spiro atoms. The smallest absolute Gasteiger partial charge is 0.164 e. The van der Waals surface area contributed by atoms with Gasteiger partial charge in [0.2, 0.25) is 0 Å². The van der Waals surface area contributed by atoms with Crippen LogP contribution in [0.1, 0.15) is 30.1 Å². The maximum Gasteiger partial charge on any atom is 0.164 e. The minimum Gasteiger partial charge on any atom is -0.380 e. The molecule has 0 aromatic heterocycles. The molecule has 2 atom stereocenters. The van der Waals surface area contributed by atoms with Crippen molar-refractivity contribution in [2.24, 2.45) is 5.92 Å². The zero-order chi connectivity index (χ0) is 14.5. The van der Waals surface area contributed by atoms with E-state index in [-0.39, 0.29) is 5.78 Å². The van der Waals surface area contributed by atoms with Gasteiger partial charge in [-0.1, -0.05) is 35.0 Å². The number of halogens is 1. The molecule has 0 aliphatic carbocycles. The molecule has 1 aromatic carbocycles. The Labute approximate surface area is 129 Å². The lowest BCUT2D eigenvalue weighted by Crippen LogP contribution is -2.44. The summed E-state index contributed by atoms with van der Waals surface area (Å²) in [5.74, 6) is 0.823. The fourth-order valence-electron chi connectivity index (χ4n) is 2.65. The Balaban J connectivity index is 1.83. The lowest BCUT2D eigenvalue weighted by atomic mass is 9.95. The van der Waals surface area contributed by atoms with Crippen molar-refractivity contribution in [2.75, 3.05) is 26.7 Å². The van der Waals surface area contributed by atoms with Crippen molar-refractivity contribution >= 4 is 21.7 Å². The molecule has 1 saturated heterocycles. The SMILES string of the molecule is COC1CN(CCC(=O)c2ccc(Br)cc2)CCC1C. The first-order valence-electron chi connectivity index (χ1n) is 7.14. The highest BCUT2D eigenvalue weighted by molar-refractivity contribution is 9.10. The first kappa shape index (κ1) is 15.7. The number of hydrogen-bond donors (Lipinski definition) is 0. The van der Waals surface area contributed by atoms with Crippen LogP contribution in [-0.2, 0) is 4.74 Å². The van der Waals surface area contributed by atoms with E-state index in [0.717, 1.165) is 36.1 Å². The highest BCUT2D eigenvalue weighted by Crippen LogP contribution is 2.20. The van der Waals surface area contributed by atoms with Crippen LogP contribution in [0.3, 0.4) is 0 Å². The quantitative estimate of drug-likeness (QED) is 0.770. The molecular formula is C16H22BrNO2. The summed E-state index contributed by atoms with van der Waals surface area (Å²) < 4.78 is 6.51. The minimum atomic E-state index is 0.213. The Kier molecular flexibility index (Phi) is 5.75. The average molecular weight is 340 g/mol. The second-order valence-electron chi connectivity index (χ2n) is 5.52. The van der Waals surface area contributed by atoms with Gasteiger partial charge in [0.05, 0.1) is 6.10 Å². The lowest BCUT2D eigenvalue weighted by molar-refractivity contribution is -0.00479. The van der Waals surface area contributed by atoms with Crippen molar-refractivity contribution in [1.29, 1.82) is 0 Å². The van der Waals surface area contributed by atoms with Gasteiger partial charge in [0.1, 0.15) is 0 Å². The van der Waals surface area contributed by atoms with E-state index in [2.05, 4.69) is 27.8 Å². The second kappa shape index (κ2) is 7.34. The number of ether oxygens (including phenoxy) is 1. The molecule has 0 radical (unpaired) electrons. The van der Waals surface area contributed by atoms with Crippen molar-refractivity contribution < 1.29 is 9.53 Å². The third-order valence-corrected chi connectivity index (χ3v) is 4.63. The molecular weight excluding hydrogens is 318 g/mol. The highest BCUT2D eigenvalue weighted by atomic mass is 79.9. The predicted molar refractivity (Wildman–Crippen MR) is 84.1 cm³/mol. The number of benzene rings is 1. The summed E-state index contributed by atoms with van der Waals surface area (Å²) in [5.41, 5.74) is 0.793. The van der Waals surface area contributed by atoms with Crippen molar-refractivity contribution in [2.45, 2.75) is 25.9 Å². The van der Waals surface area contributed by atoms with E-state index >= 15 is 0 Å². The van der Waals surface area contributed by atoms with Crippen LogP contribution in [0.5, 0.6) is 0 Å². The second-order valence-corrected chi connectivity index (χ2v) is 6.44. The van der Waals surface area contributed by atoms with Crippen molar-refractivity contribution in [3.8, 4) is 0 Å². The number of methoxy groups -OCH3 is 1. The molecule has 0 bridgehead atoms. The van der Waals surface area contributed by atoms with E-state index in [9.17, 15) is 4.79 Å². The number of rotatable bonds is 5. The van der Waals surface area contributed by atoms with Crippen LogP contribution in [0.25, 0.3) is 0 Å². The topological polar surface area (TPSA) is 29.5 Å². The Morgan fingerprint density at radius 3 is 2.75 bits per heavy atom. The Bertz CT molecular complexity index is 446. The summed E-state index contributed by atoms with van der Waals surface area (Å²) in [6.07, 6.45) is 2.02. The first-order chi connectivity index (χ1) is 9.60. The van der Waals surface area contributed by atoms with Gasteiger partial charge in [-0.05, 0) is 31.0 Å². The summed E-state index contributed by atoms with van der Waals surface area (Å²) >= 11 is 3.38. The summed E-state index contributed by atoms with van der Waals surface area (Å²) in [6, 6.07) is 7.58. The van der Waals surface area contributed by atoms with Gasteiger partial charge < -0.3 is 9.64 Å². The molecule has 0 saturated carbocycles. The molecule has 1 fully saturated rings. The van der Waals surface area contributed by atoms with Gasteiger partial charge in [-0.2, -0.15) is 0 Å². The first-order valence-corrected chi connectivity index (χ1v) is 7.93. The summed E-state index contributed by atoms with van der Waals surface area (Å²) in [4.78, 5) is 14.5. The summed E-state index contributed by atoms with van der Waals surface area (Å²) in [7, 11) is 1.78. The van der Waals surface area contributed by atoms with Gasteiger partial charge in [0.15, 0.2) is 5.78 Å². The van der Waals surface area contributed by atoms with Crippen LogP contribution in [0.2, 0.25) is 0 Å². The highest BCUT2D eigenvalue weighted by Gasteiger charge is 2.25. The maximum absolute atomic E-state index is 12.1. The van der Waals surface area contributed by atoms with Gasteiger partial charge >= 0.3 is 0 Å². The zero-order valence-corrected chi connectivity index (χ0v) is 13.7. The van der Waals surface area contributed by atoms with Gasteiger partial charge in [-0.25, -0.2) is 0 Å². The number of nitrogens with zero attached hydrogens (tertiary/aromatic N) is 1. The van der Waals surface area contributed by atoms with Crippen LogP contribution in [0.4, 0.5) is 0 Å².